The van der Waals surface area contributed by atoms with Crippen molar-refractivity contribution in [2.45, 2.75) is 6.92 Å². The van der Waals surface area contributed by atoms with Crippen LogP contribution in [0.4, 0.5) is 0 Å². The average molecular weight is 242 g/mol. The molecular weight excluding hydrogens is 234 g/mol. The van der Waals surface area contributed by atoms with E-state index in [1.165, 1.54) is 18.7 Å². The van der Waals surface area contributed by atoms with E-state index in [1.807, 2.05) is 0 Å². The third kappa shape index (κ3) is 4.26. The smallest absolute Gasteiger partial charge is 0.186 e. The summed E-state index contributed by atoms with van der Waals surface area (Å²) in [6, 6.07) is 0. The summed E-state index contributed by atoms with van der Waals surface area (Å²) in [6.07, 6.45) is 3.44. The number of carboxylic acid groups (broad SMARTS) is 1. The molecule has 4 nitrogen and oxygen atoms in total. The van der Waals surface area contributed by atoms with Crippen LogP contribution in [0.2, 0.25) is 0 Å². The highest BCUT2D eigenvalue weighted by Crippen LogP contribution is 2.11. The third-order valence-electron chi connectivity index (χ3n) is 1.37. The van der Waals surface area contributed by atoms with Gasteiger partial charge in [0.15, 0.2) is 5.12 Å². The van der Waals surface area contributed by atoms with Gasteiger partial charge in [0.25, 0.3) is 0 Å². The molecule has 0 aromatic carbocycles. The van der Waals surface area contributed by atoms with E-state index in [4.69, 9.17) is 0 Å². The lowest BCUT2D eigenvalue weighted by Gasteiger charge is -1.91. The molecule has 1 heterocycles. The Kier molecular flexibility index (Phi) is 4.51. The zero-order valence-corrected chi connectivity index (χ0v) is 9.56. The van der Waals surface area contributed by atoms with Gasteiger partial charge in [-0.15, -0.1) is 11.3 Å². The predicted molar refractivity (Wildman–Crippen MR) is 58.6 cm³/mol. The maximum atomic E-state index is 10.6. The molecule has 1 rings (SSSR count). The fourth-order valence-electron chi connectivity index (χ4n) is 0.791. The second-order valence-corrected chi connectivity index (χ2v) is 4.62. The molecule has 80 valence electrons. The molecule has 1 aromatic heterocycles. The van der Waals surface area contributed by atoms with E-state index in [9.17, 15) is 14.7 Å². The molecule has 0 atom stereocenters. The number of aromatic nitrogens is 1. The molecular formula is C9H8NO3S2-. The van der Waals surface area contributed by atoms with Gasteiger partial charge >= 0.3 is 0 Å². The maximum absolute atomic E-state index is 10.6. The highest BCUT2D eigenvalue weighted by Gasteiger charge is 1.99. The molecule has 0 aliphatic rings. The standard InChI is InChI=1S/C9H9NO3S2/c1-6(11)14-4-2-3-7-5-15-8(10-7)9(12)13/h2-3,5H,4H2,1H3,(H,12,13)/p-1. The number of hydrogen-bond acceptors (Lipinski definition) is 6. The van der Waals surface area contributed by atoms with Crippen LogP contribution in [0.1, 0.15) is 22.4 Å². The van der Waals surface area contributed by atoms with Gasteiger partial charge < -0.3 is 9.90 Å². The second-order valence-electron chi connectivity index (χ2n) is 2.57. The van der Waals surface area contributed by atoms with Gasteiger partial charge in [0, 0.05) is 18.1 Å². The molecule has 0 bridgehead atoms. The fraction of sp³-hybridized carbons (Fsp3) is 0.222. The lowest BCUT2D eigenvalue weighted by Crippen LogP contribution is -2.21. The van der Waals surface area contributed by atoms with Crippen LogP contribution in [0.15, 0.2) is 11.5 Å². The van der Waals surface area contributed by atoms with Gasteiger partial charge in [-0.05, 0) is 6.08 Å². The topological polar surface area (TPSA) is 70.1 Å². The number of rotatable bonds is 4. The van der Waals surface area contributed by atoms with Crippen molar-refractivity contribution < 1.29 is 14.7 Å². The molecule has 0 aliphatic carbocycles. The van der Waals surface area contributed by atoms with Crippen LogP contribution >= 0.6 is 23.1 Å². The lowest BCUT2D eigenvalue weighted by atomic mass is 10.4. The van der Waals surface area contributed by atoms with E-state index in [0.717, 1.165) is 11.3 Å². The molecule has 6 heteroatoms. The van der Waals surface area contributed by atoms with Crippen LogP contribution in [-0.2, 0) is 4.79 Å². The highest BCUT2D eigenvalue weighted by molar-refractivity contribution is 8.13. The fourth-order valence-corrected chi connectivity index (χ4v) is 1.84. The summed E-state index contributed by atoms with van der Waals surface area (Å²) in [5, 5.41) is 12.0. The number of hydrogen-bond donors (Lipinski definition) is 0. The number of aromatic carboxylic acids is 1. The van der Waals surface area contributed by atoms with Crippen LogP contribution in [0, 0.1) is 0 Å². The van der Waals surface area contributed by atoms with Crippen LogP contribution in [0.3, 0.4) is 0 Å². The van der Waals surface area contributed by atoms with Crippen molar-refractivity contribution in [2.24, 2.45) is 0 Å². The van der Waals surface area contributed by atoms with E-state index < -0.39 is 5.97 Å². The van der Waals surface area contributed by atoms with E-state index in [2.05, 4.69) is 4.98 Å². The lowest BCUT2D eigenvalue weighted by molar-refractivity contribution is -0.255. The Morgan fingerprint density at radius 1 is 1.67 bits per heavy atom. The Hall–Kier alpha value is -1.14. The molecule has 0 fully saturated rings. The molecule has 0 spiro atoms. The van der Waals surface area contributed by atoms with E-state index in [1.54, 1.807) is 17.5 Å². The van der Waals surface area contributed by atoms with Crippen molar-refractivity contribution in [2.75, 3.05) is 5.75 Å². The Morgan fingerprint density at radius 2 is 2.40 bits per heavy atom. The minimum absolute atomic E-state index is 0.0335. The first-order valence-electron chi connectivity index (χ1n) is 4.06. The molecule has 1 aromatic rings. The largest absolute Gasteiger partial charge is 0.542 e. The molecule has 15 heavy (non-hydrogen) atoms. The minimum Gasteiger partial charge on any atom is -0.542 e. The van der Waals surface area contributed by atoms with Gasteiger partial charge in [-0.25, -0.2) is 4.98 Å². The van der Waals surface area contributed by atoms with Crippen molar-refractivity contribution in [3.63, 3.8) is 0 Å². The first-order valence-corrected chi connectivity index (χ1v) is 5.93. The summed E-state index contributed by atoms with van der Waals surface area (Å²) >= 11 is 2.21. The Morgan fingerprint density at radius 3 is 2.93 bits per heavy atom. The SMILES string of the molecule is CC(=O)SCC=Cc1csc(C(=O)[O-])n1. The van der Waals surface area contributed by atoms with Gasteiger partial charge in [0.05, 0.1) is 5.69 Å². The van der Waals surface area contributed by atoms with Crippen LogP contribution in [0.25, 0.3) is 6.08 Å². The molecule has 0 N–H and O–H groups in total. The summed E-state index contributed by atoms with van der Waals surface area (Å²) in [4.78, 5) is 24.8. The Bertz CT molecular complexity index is 398. The molecule has 0 saturated carbocycles. The summed E-state index contributed by atoms with van der Waals surface area (Å²) in [6.45, 7) is 1.50. The summed E-state index contributed by atoms with van der Waals surface area (Å²) in [7, 11) is 0. The van der Waals surface area contributed by atoms with Gasteiger partial charge in [-0.3, -0.25) is 4.79 Å². The third-order valence-corrected chi connectivity index (χ3v) is 2.97. The number of carbonyl (C=O) groups excluding carboxylic acids is 2. The maximum Gasteiger partial charge on any atom is 0.186 e. The van der Waals surface area contributed by atoms with Crippen LogP contribution in [0.5, 0.6) is 0 Å². The number of carboxylic acids is 1. The van der Waals surface area contributed by atoms with Crippen LogP contribution < -0.4 is 5.11 Å². The van der Waals surface area contributed by atoms with Crippen molar-refractivity contribution in [3.05, 3.63) is 22.2 Å². The molecule has 0 aliphatic heterocycles. The monoisotopic (exact) mass is 242 g/mol. The van der Waals surface area contributed by atoms with E-state index >= 15 is 0 Å². The number of carbonyl (C=O) groups is 2. The highest BCUT2D eigenvalue weighted by atomic mass is 32.2. The molecule has 0 saturated heterocycles. The van der Waals surface area contributed by atoms with E-state index in [0.29, 0.717) is 11.4 Å². The van der Waals surface area contributed by atoms with Crippen LogP contribution in [-0.4, -0.2) is 21.8 Å². The Balaban J connectivity index is 2.50. The predicted octanol–water partition coefficient (Wildman–Crippen LogP) is 0.800. The van der Waals surface area contributed by atoms with Gasteiger partial charge in [0.1, 0.15) is 11.0 Å². The van der Waals surface area contributed by atoms with Gasteiger partial charge in [0.2, 0.25) is 0 Å². The normalized spacial score (nSPS) is 10.7. The number of thiazole rings is 1. The molecule has 0 unspecified atom stereocenters. The van der Waals surface area contributed by atoms with Crippen molar-refractivity contribution in [1.82, 2.24) is 4.98 Å². The number of thioether (sulfide) groups is 1. The minimum atomic E-state index is -1.27. The summed E-state index contributed by atoms with van der Waals surface area (Å²) < 4.78 is 0. The first-order chi connectivity index (χ1) is 7.09. The molecule has 0 radical (unpaired) electrons. The zero-order chi connectivity index (χ0) is 11.3. The zero-order valence-electron chi connectivity index (χ0n) is 7.93. The summed E-state index contributed by atoms with van der Waals surface area (Å²) in [5.41, 5.74) is 0.573. The van der Waals surface area contributed by atoms with Gasteiger partial charge in [-0.1, -0.05) is 17.8 Å². The van der Waals surface area contributed by atoms with Crippen molar-refractivity contribution >= 4 is 40.3 Å². The van der Waals surface area contributed by atoms with Crippen molar-refractivity contribution in [1.29, 1.82) is 0 Å². The van der Waals surface area contributed by atoms with E-state index in [-0.39, 0.29) is 10.1 Å². The first kappa shape index (κ1) is 11.9. The van der Waals surface area contributed by atoms with Crippen molar-refractivity contribution in [3.8, 4) is 0 Å². The average Bonchev–Trinajstić information content (AvgIpc) is 2.60. The van der Waals surface area contributed by atoms with Gasteiger partial charge in [-0.2, -0.15) is 0 Å². The second kappa shape index (κ2) is 5.67. The quantitative estimate of drug-likeness (QED) is 0.781. The summed E-state index contributed by atoms with van der Waals surface area (Å²) in [5.74, 6) is -0.703. The molecule has 0 amide bonds. The Labute approximate surface area is 95.0 Å². The number of nitrogens with zero attached hydrogens (tertiary/aromatic N) is 1.